The average Bonchev–Trinajstić information content (AvgIpc) is 3.18. The number of nitrogens with zero attached hydrogens (tertiary/aromatic N) is 3. The highest BCUT2D eigenvalue weighted by atomic mass is 35.5. The molecule has 0 bridgehead atoms. The van der Waals surface area contributed by atoms with Gasteiger partial charge in [-0.25, -0.2) is 4.68 Å². The van der Waals surface area contributed by atoms with Crippen LogP contribution in [-0.2, 0) is 6.42 Å². The number of aromatic nitrogens is 2. The Morgan fingerprint density at radius 2 is 1.79 bits per heavy atom. The molecule has 0 atom stereocenters. The van der Waals surface area contributed by atoms with Crippen LogP contribution < -0.4 is 5.32 Å². The topological polar surface area (TPSA) is 53.6 Å². The number of nitriles is 1. The SMILES string of the molecule is N#Cc1ccc(-n2nc(-c3c(Cl)cccc3Cl)c3c2NCC3)cc1. The molecule has 0 saturated carbocycles. The van der Waals surface area contributed by atoms with Gasteiger partial charge in [0.15, 0.2) is 0 Å². The molecule has 4 nitrogen and oxygen atoms in total. The van der Waals surface area contributed by atoms with Crippen LogP contribution in [0.5, 0.6) is 0 Å². The molecule has 2 heterocycles. The minimum absolute atomic E-state index is 0.585. The van der Waals surface area contributed by atoms with Crippen LogP contribution in [0.25, 0.3) is 16.9 Å². The Kier molecular flexibility index (Phi) is 3.68. The fourth-order valence-corrected chi connectivity index (χ4v) is 3.54. The van der Waals surface area contributed by atoms with Gasteiger partial charge in [-0.05, 0) is 42.8 Å². The quantitative estimate of drug-likeness (QED) is 0.726. The normalized spacial score (nSPS) is 12.5. The van der Waals surface area contributed by atoms with Crippen molar-refractivity contribution in [3.8, 4) is 23.0 Å². The molecule has 4 rings (SSSR count). The Balaban J connectivity index is 1.91. The van der Waals surface area contributed by atoms with Crippen molar-refractivity contribution >= 4 is 29.0 Å². The molecule has 24 heavy (non-hydrogen) atoms. The molecule has 1 aliphatic heterocycles. The molecule has 0 spiro atoms. The van der Waals surface area contributed by atoms with Crippen molar-refractivity contribution in [1.29, 1.82) is 5.26 Å². The number of hydrogen-bond acceptors (Lipinski definition) is 3. The summed E-state index contributed by atoms with van der Waals surface area (Å²) in [7, 11) is 0. The first-order valence-electron chi connectivity index (χ1n) is 7.49. The van der Waals surface area contributed by atoms with E-state index in [-0.39, 0.29) is 0 Å². The van der Waals surface area contributed by atoms with Crippen LogP contribution in [-0.4, -0.2) is 16.3 Å². The zero-order valence-corrected chi connectivity index (χ0v) is 14.1. The number of fused-ring (bicyclic) bond motifs is 1. The number of anilines is 1. The zero-order chi connectivity index (χ0) is 16.7. The van der Waals surface area contributed by atoms with Gasteiger partial charge in [0, 0.05) is 17.7 Å². The van der Waals surface area contributed by atoms with E-state index in [2.05, 4.69) is 11.4 Å². The minimum Gasteiger partial charge on any atom is -0.369 e. The van der Waals surface area contributed by atoms with Crippen LogP contribution in [0.4, 0.5) is 5.82 Å². The van der Waals surface area contributed by atoms with Crippen molar-refractivity contribution in [2.24, 2.45) is 0 Å². The summed E-state index contributed by atoms with van der Waals surface area (Å²) in [6.07, 6.45) is 0.864. The number of hydrogen-bond donors (Lipinski definition) is 1. The lowest BCUT2D eigenvalue weighted by molar-refractivity contribution is 0.882. The van der Waals surface area contributed by atoms with E-state index < -0.39 is 0 Å². The second-order valence-electron chi connectivity index (χ2n) is 5.52. The smallest absolute Gasteiger partial charge is 0.133 e. The van der Waals surface area contributed by atoms with E-state index in [9.17, 15) is 0 Å². The van der Waals surface area contributed by atoms with Crippen molar-refractivity contribution in [2.45, 2.75) is 6.42 Å². The molecule has 0 saturated heterocycles. The van der Waals surface area contributed by atoms with Gasteiger partial charge < -0.3 is 5.32 Å². The van der Waals surface area contributed by atoms with E-state index in [1.165, 1.54) is 0 Å². The number of rotatable bonds is 2. The summed E-state index contributed by atoms with van der Waals surface area (Å²) >= 11 is 12.7. The van der Waals surface area contributed by atoms with E-state index in [4.69, 9.17) is 33.6 Å². The Labute approximate surface area is 149 Å². The van der Waals surface area contributed by atoms with Gasteiger partial charge in [-0.1, -0.05) is 29.3 Å². The molecule has 0 aliphatic carbocycles. The van der Waals surface area contributed by atoms with Crippen molar-refractivity contribution < 1.29 is 0 Å². The summed E-state index contributed by atoms with van der Waals surface area (Å²) in [5.74, 6) is 0.950. The molecule has 1 aromatic heterocycles. The molecule has 118 valence electrons. The van der Waals surface area contributed by atoms with Crippen LogP contribution in [0.3, 0.4) is 0 Å². The van der Waals surface area contributed by atoms with Crippen LogP contribution in [0.2, 0.25) is 10.0 Å². The molecule has 0 amide bonds. The van der Waals surface area contributed by atoms with Crippen LogP contribution in [0, 0.1) is 11.3 Å². The number of nitrogens with one attached hydrogen (secondary N) is 1. The van der Waals surface area contributed by atoms with Gasteiger partial charge in [0.1, 0.15) is 11.5 Å². The minimum atomic E-state index is 0.585. The van der Waals surface area contributed by atoms with Gasteiger partial charge in [0.05, 0.1) is 27.4 Å². The predicted octanol–water partition coefficient (Wildman–Crippen LogP) is 4.69. The van der Waals surface area contributed by atoms with Crippen molar-refractivity contribution in [2.75, 3.05) is 11.9 Å². The second kappa shape index (κ2) is 5.86. The third-order valence-electron chi connectivity index (χ3n) is 4.09. The van der Waals surface area contributed by atoms with E-state index in [0.717, 1.165) is 41.3 Å². The molecule has 0 radical (unpaired) electrons. The zero-order valence-electron chi connectivity index (χ0n) is 12.6. The third-order valence-corrected chi connectivity index (χ3v) is 4.72. The predicted molar refractivity (Wildman–Crippen MR) is 95.9 cm³/mol. The number of halogens is 2. The summed E-state index contributed by atoms with van der Waals surface area (Å²) in [6.45, 7) is 0.846. The summed E-state index contributed by atoms with van der Waals surface area (Å²) in [4.78, 5) is 0. The maximum absolute atomic E-state index is 8.95. The Morgan fingerprint density at radius 1 is 1.08 bits per heavy atom. The summed E-state index contributed by atoms with van der Waals surface area (Å²) < 4.78 is 1.85. The highest BCUT2D eigenvalue weighted by molar-refractivity contribution is 6.39. The third kappa shape index (κ3) is 2.34. The van der Waals surface area contributed by atoms with Gasteiger partial charge in [-0.15, -0.1) is 0 Å². The van der Waals surface area contributed by atoms with Crippen molar-refractivity contribution in [3.63, 3.8) is 0 Å². The van der Waals surface area contributed by atoms with E-state index in [1.54, 1.807) is 12.1 Å². The highest BCUT2D eigenvalue weighted by Gasteiger charge is 2.26. The van der Waals surface area contributed by atoms with Crippen LogP contribution in [0.15, 0.2) is 42.5 Å². The average molecular weight is 355 g/mol. The highest BCUT2D eigenvalue weighted by Crippen LogP contribution is 2.40. The second-order valence-corrected chi connectivity index (χ2v) is 6.33. The first-order chi connectivity index (χ1) is 11.7. The molecular formula is C18H12Cl2N4. The largest absolute Gasteiger partial charge is 0.369 e. The van der Waals surface area contributed by atoms with Crippen LogP contribution in [0.1, 0.15) is 11.1 Å². The first-order valence-corrected chi connectivity index (χ1v) is 8.25. The molecule has 3 aromatic rings. The Bertz CT molecular complexity index is 948. The lowest BCUT2D eigenvalue weighted by Gasteiger charge is -2.07. The lowest BCUT2D eigenvalue weighted by atomic mass is 10.1. The standard InChI is InChI=1S/C18H12Cl2N4/c19-14-2-1-3-15(20)16(14)17-13-8-9-22-18(13)24(23-17)12-6-4-11(10-21)5-7-12/h1-7,22H,8-9H2. The summed E-state index contributed by atoms with van der Waals surface area (Å²) in [6, 6.07) is 14.9. The molecule has 0 unspecified atom stereocenters. The van der Waals surface area contributed by atoms with E-state index in [1.807, 2.05) is 35.0 Å². The molecule has 1 N–H and O–H groups in total. The van der Waals surface area contributed by atoms with Crippen molar-refractivity contribution in [1.82, 2.24) is 9.78 Å². The maximum Gasteiger partial charge on any atom is 0.133 e. The molecule has 0 fully saturated rings. The van der Waals surface area contributed by atoms with E-state index in [0.29, 0.717) is 15.6 Å². The van der Waals surface area contributed by atoms with Gasteiger partial charge in [-0.3, -0.25) is 0 Å². The molecule has 2 aromatic carbocycles. The van der Waals surface area contributed by atoms with Gasteiger partial charge >= 0.3 is 0 Å². The van der Waals surface area contributed by atoms with Crippen LogP contribution >= 0.6 is 23.2 Å². The van der Waals surface area contributed by atoms with Gasteiger partial charge in [-0.2, -0.15) is 10.4 Å². The Morgan fingerprint density at radius 3 is 2.46 bits per heavy atom. The fourth-order valence-electron chi connectivity index (χ4n) is 2.96. The van der Waals surface area contributed by atoms with Crippen molar-refractivity contribution in [3.05, 3.63) is 63.6 Å². The molecule has 6 heteroatoms. The van der Waals surface area contributed by atoms with Gasteiger partial charge in [0.2, 0.25) is 0 Å². The number of benzene rings is 2. The molecular weight excluding hydrogens is 343 g/mol. The maximum atomic E-state index is 8.95. The first kappa shape index (κ1) is 15.1. The molecule has 1 aliphatic rings. The van der Waals surface area contributed by atoms with Gasteiger partial charge in [0.25, 0.3) is 0 Å². The summed E-state index contributed by atoms with van der Waals surface area (Å²) in [5, 5.41) is 18.2. The summed E-state index contributed by atoms with van der Waals surface area (Å²) in [5.41, 5.74) is 4.16. The fraction of sp³-hybridized carbons (Fsp3) is 0.111. The van der Waals surface area contributed by atoms with E-state index >= 15 is 0 Å². The monoisotopic (exact) mass is 354 g/mol. The Hall–Kier alpha value is -2.48. The lowest BCUT2D eigenvalue weighted by Crippen LogP contribution is -2.04.